The Kier molecular flexibility index (Phi) is 6.12. The van der Waals surface area contributed by atoms with Crippen LogP contribution in [0.2, 0.25) is 0 Å². The average Bonchev–Trinajstić information content (AvgIpc) is 2.58. The van der Waals surface area contributed by atoms with E-state index in [9.17, 15) is 9.90 Å². The smallest absolute Gasteiger partial charge is 0.196 e. The molecule has 0 saturated heterocycles. The van der Waals surface area contributed by atoms with Crippen LogP contribution in [-0.2, 0) is 0 Å². The number of carbonyl (C=O) groups is 1. The van der Waals surface area contributed by atoms with Gasteiger partial charge in [-0.2, -0.15) is 0 Å². The normalized spacial score (nSPS) is 12.7. The van der Waals surface area contributed by atoms with E-state index in [1.807, 2.05) is 45.0 Å². The molecule has 0 bridgehead atoms. The van der Waals surface area contributed by atoms with Crippen LogP contribution in [0.15, 0.2) is 54.6 Å². The first-order valence-corrected chi connectivity index (χ1v) is 8.11. The van der Waals surface area contributed by atoms with Crippen LogP contribution < -0.4 is 10.1 Å². The van der Waals surface area contributed by atoms with E-state index in [1.54, 1.807) is 30.3 Å². The second kappa shape index (κ2) is 8.08. The summed E-state index contributed by atoms with van der Waals surface area (Å²) < 4.78 is 5.70. The van der Waals surface area contributed by atoms with Gasteiger partial charge in [0.15, 0.2) is 5.78 Å². The lowest BCUT2D eigenvalue weighted by atomic mass is 10.0. The summed E-state index contributed by atoms with van der Waals surface area (Å²) in [4.78, 5) is 12.6. The van der Waals surface area contributed by atoms with Crippen molar-refractivity contribution in [2.75, 3.05) is 13.2 Å². The van der Waals surface area contributed by atoms with Crippen molar-refractivity contribution in [3.8, 4) is 5.75 Å². The van der Waals surface area contributed by atoms with E-state index in [0.29, 0.717) is 23.4 Å². The number of aliphatic hydroxyl groups is 1. The van der Waals surface area contributed by atoms with Crippen LogP contribution in [0.1, 0.15) is 36.7 Å². The predicted octanol–water partition coefficient (Wildman–Crippen LogP) is 3.05. The second-order valence-electron chi connectivity index (χ2n) is 6.79. The third-order valence-corrected chi connectivity index (χ3v) is 3.47. The molecule has 128 valence electrons. The van der Waals surface area contributed by atoms with E-state index < -0.39 is 6.10 Å². The molecule has 2 aromatic rings. The Morgan fingerprint density at radius 2 is 1.71 bits per heavy atom. The minimum atomic E-state index is -0.649. The van der Waals surface area contributed by atoms with Crippen LogP contribution in [0.4, 0.5) is 0 Å². The maximum absolute atomic E-state index is 12.6. The lowest BCUT2D eigenvalue weighted by Crippen LogP contribution is -2.42. The Balaban J connectivity index is 2.03. The fourth-order valence-corrected chi connectivity index (χ4v) is 2.19. The van der Waals surface area contributed by atoms with Crippen LogP contribution >= 0.6 is 0 Å². The molecule has 0 radical (unpaired) electrons. The molecule has 0 unspecified atom stereocenters. The fraction of sp³-hybridized carbons (Fsp3) is 0.350. The molecule has 0 amide bonds. The summed E-state index contributed by atoms with van der Waals surface area (Å²) in [5.74, 6) is 0.398. The molecule has 0 spiro atoms. The number of β-amino-alcohol motifs (C(OH)–C–C–N with tert-alkyl or cyclic N) is 1. The maximum Gasteiger partial charge on any atom is 0.196 e. The Bertz CT molecular complexity index is 662. The molecule has 4 heteroatoms. The number of hydrogen-bond acceptors (Lipinski definition) is 4. The highest BCUT2D eigenvalue weighted by atomic mass is 16.5. The molecule has 24 heavy (non-hydrogen) atoms. The molecule has 0 aliphatic heterocycles. The number of nitrogens with one attached hydrogen (secondary N) is 1. The van der Waals surface area contributed by atoms with Gasteiger partial charge in [-0.15, -0.1) is 0 Å². The Hall–Kier alpha value is -2.17. The van der Waals surface area contributed by atoms with Crippen LogP contribution in [0, 0.1) is 0 Å². The zero-order valence-corrected chi connectivity index (χ0v) is 14.5. The van der Waals surface area contributed by atoms with Gasteiger partial charge >= 0.3 is 0 Å². The minimum Gasteiger partial charge on any atom is -0.490 e. The fourth-order valence-electron chi connectivity index (χ4n) is 2.19. The number of carbonyl (C=O) groups excluding carboxylic acids is 1. The van der Waals surface area contributed by atoms with Gasteiger partial charge in [-0.3, -0.25) is 4.79 Å². The molecule has 0 aliphatic carbocycles. The third-order valence-electron chi connectivity index (χ3n) is 3.47. The number of ether oxygens (including phenoxy) is 1. The molecular weight excluding hydrogens is 302 g/mol. The van der Waals surface area contributed by atoms with Gasteiger partial charge in [-0.05, 0) is 32.9 Å². The van der Waals surface area contributed by atoms with Crippen molar-refractivity contribution in [1.82, 2.24) is 5.32 Å². The lowest BCUT2D eigenvalue weighted by molar-refractivity contribution is 0.0959. The molecule has 0 fully saturated rings. The Morgan fingerprint density at radius 3 is 2.38 bits per heavy atom. The van der Waals surface area contributed by atoms with Crippen molar-refractivity contribution in [2.24, 2.45) is 0 Å². The largest absolute Gasteiger partial charge is 0.490 e. The number of ketones is 1. The molecule has 2 aromatic carbocycles. The Labute approximate surface area is 143 Å². The van der Waals surface area contributed by atoms with Crippen LogP contribution in [0.5, 0.6) is 5.75 Å². The molecule has 0 heterocycles. The highest BCUT2D eigenvalue weighted by Crippen LogP contribution is 2.21. The minimum absolute atomic E-state index is 0.0673. The van der Waals surface area contributed by atoms with E-state index in [1.165, 1.54) is 0 Å². The SMILES string of the molecule is CC(C)(C)NC[C@H](O)COc1ccccc1C(=O)c1ccccc1. The summed E-state index contributed by atoms with van der Waals surface area (Å²) in [6, 6.07) is 16.2. The van der Waals surface area contributed by atoms with Crippen molar-refractivity contribution in [3.05, 3.63) is 65.7 Å². The first-order valence-electron chi connectivity index (χ1n) is 8.11. The first-order chi connectivity index (χ1) is 11.4. The highest BCUT2D eigenvalue weighted by Gasteiger charge is 2.16. The van der Waals surface area contributed by atoms with E-state index in [-0.39, 0.29) is 17.9 Å². The third kappa shape index (κ3) is 5.48. The molecule has 0 aliphatic rings. The highest BCUT2D eigenvalue weighted by molar-refractivity contribution is 6.10. The second-order valence-corrected chi connectivity index (χ2v) is 6.79. The van der Waals surface area contributed by atoms with Crippen LogP contribution in [-0.4, -0.2) is 35.7 Å². The monoisotopic (exact) mass is 327 g/mol. The van der Waals surface area contributed by atoms with Gasteiger partial charge in [-0.1, -0.05) is 42.5 Å². The van der Waals surface area contributed by atoms with Crippen LogP contribution in [0.25, 0.3) is 0 Å². The van der Waals surface area contributed by atoms with Crippen molar-refractivity contribution in [1.29, 1.82) is 0 Å². The number of benzene rings is 2. The molecule has 4 nitrogen and oxygen atoms in total. The van der Waals surface area contributed by atoms with E-state index in [0.717, 1.165) is 0 Å². The first kappa shape index (κ1) is 18.2. The summed E-state index contributed by atoms with van der Waals surface area (Å²) in [5, 5.41) is 13.3. The van der Waals surface area contributed by atoms with E-state index in [4.69, 9.17) is 4.74 Å². The van der Waals surface area contributed by atoms with Crippen LogP contribution in [0.3, 0.4) is 0 Å². The van der Waals surface area contributed by atoms with Gasteiger partial charge in [0.05, 0.1) is 5.56 Å². The predicted molar refractivity (Wildman–Crippen MR) is 95.6 cm³/mol. The average molecular weight is 327 g/mol. The summed E-state index contributed by atoms with van der Waals surface area (Å²) in [7, 11) is 0. The summed E-state index contributed by atoms with van der Waals surface area (Å²) in [6.07, 6.45) is -0.649. The van der Waals surface area contributed by atoms with Gasteiger partial charge in [0.1, 0.15) is 18.5 Å². The maximum atomic E-state index is 12.6. The summed E-state index contributed by atoms with van der Waals surface area (Å²) >= 11 is 0. The van der Waals surface area contributed by atoms with Gasteiger partial charge < -0.3 is 15.2 Å². The standard InChI is InChI=1S/C20H25NO3/c1-20(2,3)21-13-16(22)14-24-18-12-8-7-11-17(18)19(23)15-9-5-4-6-10-15/h4-12,16,21-22H,13-14H2,1-3H3/t16-/m0/s1. The van der Waals surface area contributed by atoms with Crippen molar-refractivity contribution in [3.63, 3.8) is 0 Å². The van der Waals surface area contributed by atoms with Gasteiger partial charge in [0.25, 0.3) is 0 Å². The van der Waals surface area contributed by atoms with Crippen molar-refractivity contribution >= 4 is 5.78 Å². The van der Waals surface area contributed by atoms with Crippen molar-refractivity contribution < 1.29 is 14.6 Å². The quantitative estimate of drug-likeness (QED) is 0.768. The molecule has 2 N–H and O–H groups in total. The van der Waals surface area contributed by atoms with E-state index in [2.05, 4.69) is 5.32 Å². The van der Waals surface area contributed by atoms with Gasteiger partial charge in [0, 0.05) is 17.6 Å². The number of aliphatic hydroxyl groups excluding tert-OH is 1. The topological polar surface area (TPSA) is 58.6 Å². The molecular formula is C20H25NO3. The zero-order chi connectivity index (χ0) is 17.6. The molecule has 0 saturated carbocycles. The molecule has 0 aromatic heterocycles. The number of rotatable bonds is 7. The molecule has 1 atom stereocenters. The van der Waals surface area contributed by atoms with Gasteiger partial charge in [0.2, 0.25) is 0 Å². The number of hydrogen-bond donors (Lipinski definition) is 2. The summed E-state index contributed by atoms with van der Waals surface area (Å²) in [5.41, 5.74) is 1.05. The summed E-state index contributed by atoms with van der Waals surface area (Å²) in [6.45, 7) is 6.66. The van der Waals surface area contributed by atoms with E-state index >= 15 is 0 Å². The van der Waals surface area contributed by atoms with Gasteiger partial charge in [-0.25, -0.2) is 0 Å². The lowest BCUT2D eigenvalue weighted by Gasteiger charge is -2.23. The van der Waals surface area contributed by atoms with Crippen molar-refractivity contribution in [2.45, 2.75) is 32.4 Å². The number of para-hydroxylation sites is 1. The molecule has 2 rings (SSSR count). The Morgan fingerprint density at radius 1 is 1.08 bits per heavy atom. The zero-order valence-electron chi connectivity index (χ0n) is 14.5.